The molecule has 14 heteroatoms. The number of aromatic nitrogens is 7. The van der Waals surface area contributed by atoms with Crippen LogP contribution in [0.4, 0.5) is 17.7 Å². The monoisotopic (exact) mass is 582 g/mol. The van der Waals surface area contributed by atoms with Crippen molar-refractivity contribution >= 4 is 27.7 Å². The van der Waals surface area contributed by atoms with Crippen LogP contribution in [0, 0.1) is 5.92 Å². The molecule has 7 heterocycles. The molecule has 0 spiro atoms. The fourth-order valence-electron chi connectivity index (χ4n) is 6.05. The van der Waals surface area contributed by atoms with Crippen molar-refractivity contribution < 1.29 is 14.6 Å². The van der Waals surface area contributed by atoms with E-state index in [1.165, 1.54) is 6.42 Å². The quantitative estimate of drug-likeness (QED) is 0.486. The van der Waals surface area contributed by atoms with E-state index in [0.717, 1.165) is 51.8 Å². The van der Waals surface area contributed by atoms with Crippen LogP contribution in [0.25, 0.3) is 17.1 Å². The van der Waals surface area contributed by atoms with Crippen molar-refractivity contribution in [3.05, 3.63) is 24.7 Å². The topological polar surface area (TPSA) is 144 Å². The third kappa shape index (κ3) is 5.59. The summed E-state index contributed by atoms with van der Waals surface area (Å²) in [6, 6.07) is 1.84. The van der Waals surface area contributed by atoms with E-state index >= 15 is 0 Å². The van der Waals surface area contributed by atoms with Gasteiger partial charge in [0.05, 0.1) is 28.9 Å². The highest BCUT2D eigenvalue weighted by atomic mass is 32.2. The van der Waals surface area contributed by atoms with Gasteiger partial charge in [0.2, 0.25) is 21.9 Å². The zero-order chi connectivity index (χ0) is 28.0. The van der Waals surface area contributed by atoms with Crippen molar-refractivity contribution in [3.63, 3.8) is 0 Å². The first-order valence-electron chi connectivity index (χ1n) is 14.6. The highest BCUT2D eigenvalue weighted by molar-refractivity contribution is 7.93. The van der Waals surface area contributed by atoms with E-state index in [-0.39, 0.29) is 18.2 Å². The van der Waals surface area contributed by atoms with E-state index in [0.29, 0.717) is 60.7 Å². The fourth-order valence-corrected chi connectivity index (χ4v) is 7.33. The van der Waals surface area contributed by atoms with Crippen LogP contribution in [0.1, 0.15) is 59.7 Å². The fraction of sp³-hybridized carbons (Fsp3) is 0.630. The Labute approximate surface area is 241 Å². The van der Waals surface area contributed by atoms with Crippen LogP contribution in [-0.4, -0.2) is 87.0 Å². The smallest absolute Gasteiger partial charge is 0.238 e. The van der Waals surface area contributed by atoms with Crippen molar-refractivity contribution in [3.8, 4) is 17.1 Å². The van der Waals surface area contributed by atoms with E-state index in [9.17, 15) is 8.42 Å². The Bertz CT molecular complexity index is 1520. The maximum atomic E-state index is 12.6. The number of ether oxygens (including phenoxy) is 1. The molecule has 1 aliphatic carbocycles. The Morgan fingerprint density at radius 1 is 1.02 bits per heavy atom. The highest BCUT2D eigenvalue weighted by Gasteiger charge is 2.37. The third-order valence-corrected chi connectivity index (χ3v) is 10.5. The van der Waals surface area contributed by atoms with Gasteiger partial charge in [-0.05, 0) is 70.3 Å². The molecule has 13 nitrogen and oxygen atoms in total. The lowest BCUT2D eigenvalue weighted by Crippen LogP contribution is -2.45. The summed E-state index contributed by atoms with van der Waals surface area (Å²) in [7, 11) is -3.50. The number of nitrogens with zero attached hydrogens (tertiary/aromatic N) is 9. The van der Waals surface area contributed by atoms with Gasteiger partial charge in [-0.25, -0.2) is 28.1 Å². The van der Waals surface area contributed by atoms with Crippen molar-refractivity contribution in [2.75, 3.05) is 47.3 Å². The van der Waals surface area contributed by atoms with Crippen molar-refractivity contribution in [2.45, 2.75) is 69.1 Å². The second kappa shape index (κ2) is 10.5. The summed E-state index contributed by atoms with van der Waals surface area (Å²) in [6.45, 7) is 6.24. The van der Waals surface area contributed by atoms with Crippen molar-refractivity contribution in [1.82, 2.24) is 34.9 Å². The number of nitrogens with one attached hydrogen (secondary N) is 1. The maximum Gasteiger partial charge on any atom is 0.238 e. The Morgan fingerprint density at radius 3 is 2.68 bits per heavy atom. The first-order chi connectivity index (χ1) is 19.9. The summed E-state index contributed by atoms with van der Waals surface area (Å²) in [4.78, 5) is 22.9. The highest BCUT2D eigenvalue weighted by Crippen LogP contribution is 2.34. The molecule has 4 aliphatic heterocycles. The Morgan fingerprint density at radius 2 is 1.85 bits per heavy atom. The average Bonchev–Trinajstić information content (AvgIpc) is 3.74. The van der Waals surface area contributed by atoms with Gasteiger partial charge < -0.3 is 14.5 Å². The van der Waals surface area contributed by atoms with Crippen molar-refractivity contribution in [1.29, 1.82) is 0 Å². The van der Waals surface area contributed by atoms with E-state index in [4.69, 9.17) is 14.7 Å². The minimum atomic E-state index is -3.50. The van der Waals surface area contributed by atoms with E-state index in [1.807, 2.05) is 12.3 Å². The summed E-state index contributed by atoms with van der Waals surface area (Å²) in [6.07, 6.45) is 12.7. The molecule has 1 unspecified atom stereocenters. The molecule has 2 saturated heterocycles. The maximum absolute atomic E-state index is 12.6. The zero-order valence-corrected chi connectivity index (χ0v) is 24.1. The lowest BCUT2D eigenvalue weighted by molar-refractivity contribution is -0.0501. The van der Waals surface area contributed by atoms with E-state index in [2.05, 4.69) is 41.7 Å². The van der Waals surface area contributed by atoms with Crippen LogP contribution >= 0.6 is 0 Å². The molecule has 1 N–H and O–H groups in total. The van der Waals surface area contributed by atoms with Crippen LogP contribution in [0.15, 0.2) is 24.7 Å². The van der Waals surface area contributed by atoms with Gasteiger partial charge in [0.1, 0.15) is 11.4 Å². The second-order valence-corrected chi connectivity index (χ2v) is 13.9. The first kappa shape index (κ1) is 26.5. The largest absolute Gasteiger partial charge is 0.375 e. The van der Waals surface area contributed by atoms with Gasteiger partial charge in [-0.15, -0.1) is 5.10 Å². The van der Waals surface area contributed by atoms with Crippen LogP contribution < -0.4 is 14.5 Å². The van der Waals surface area contributed by atoms with Crippen LogP contribution in [0.3, 0.4) is 0 Å². The molecule has 3 fully saturated rings. The first-order valence-corrected chi connectivity index (χ1v) is 16.2. The Balaban J connectivity index is 0.00000316. The molecule has 0 radical (unpaired) electrons. The number of hydrogen-bond donors (Lipinski definition) is 1. The molecule has 220 valence electrons. The summed E-state index contributed by atoms with van der Waals surface area (Å²) in [5.74, 6) is 1.98. The van der Waals surface area contributed by atoms with Gasteiger partial charge in [0.25, 0.3) is 0 Å². The zero-order valence-electron chi connectivity index (χ0n) is 23.3. The second-order valence-electron chi connectivity index (χ2n) is 11.9. The number of sulfonamides is 1. The summed E-state index contributed by atoms with van der Waals surface area (Å²) in [5.41, 5.74) is 1.72. The summed E-state index contributed by atoms with van der Waals surface area (Å²) >= 11 is 0. The molecule has 3 aromatic heterocycles. The van der Waals surface area contributed by atoms with Gasteiger partial charge in [0.15, 0.2) is 5.82 Å². The van der Waals surface area contributed by atoms with Gasteiger partial charge in [-0.2, -0.15) is 4.98 Å². The molecule has 8 bridgehead atoms. The van der Waals surface area contributed by atoms with Crippen molar-refractivity contribution in [2.24, 2.45) is 5.92 Å². The van der Waals surface area contributed by atoms with Gasteiger partial charge in [-0.3, -0.25) is 4.72 Å². The normalized spacial score (nSPS) is 25.1. The summed E-state index contributed by atoms with van der Waals surface area (Å²) in [5, 5.41) is 8.46. The summed E-state index contributed by atoms with van der Waals surface area (Å²) < 4.78 is 36.0. The lowest BCUT2D eigenvalue weighted by atomic mass is 9.92. The average molecular weight is 583 g/mol. The molecule has 8 rings (SSSR count). The Hall–Kier alpha value is -3.39. The molecular formula is C27H38N10O3S. The predicted octanol–water partition coefficient (Wildman–Crippen LogP) is 3.05. The number of hydrogen-bond acceptors (Lipinski definition) is 11. The van der Waals surface area contributed by atoms with Gasteiger partial charge in [-0.1, -0.05) is 5.21 Å². The van der Waals surface area contributed by atoms with Crippen LogP contribution in [-0.2, 0) is 14.8 Å². The SMILES string of the molecule is CC12CCN(CC1)c1nc(NS(=O)(=O)C3CC3)ncc1-n1cc(nn1)-c1ccnc(n1)N1CCCC(CCCO2)C1.[HH]. The molecular weight excluding hydrogens is 544 g/mol. The molecule has 3 aromatic rings. The number of piperidine rings is 2. The standard InChI is InChI=1S/C27H36N10O3S.H2/c1-27-9-13-35(14-10-27)24-23(16-29-25(31-24)33-41(38,39)20-6-7-20)37-18-22(32-34-37)21-8-11-28-26(30-21)36-12-2-4-19(17-36)5-3-15-40-27;/h8,11,16,18-20H,2-7,9-10,12-15,17H2,1H3,(H,29,31,33);1H. The molecule has 1 atom stereocenters. The number of anilines is 3. The van der Waals surface area contributed by atoms with E-state index < -0.39 is 10.0 Å². The minimum Gasteiger partial charge on any atom is -0.375 e. The molecule has 0 amide bonds. The molecule has 5 aliphatic rings. The lowest BCUT2D eigenvalue weighted by Gasteiger charge is -2.40. The van der Waals surface area contributed by atoms with Gasteiger partial charge >= 0.3 is 0 Å². The van der Waals surface area contributed by atoms with Crippen LogP contribution in [0.5, 0.6) is 0 Å². The van der Waals surface area contributed by atoms with E-state index in [1.54, 1.807) is 17.1 Å². The third-order valence-electron chi connectivity index (χ3n) is 8.72. The molecule has 41 heavy (non-hydrogen) atoms. The number of fused-ring (bicyclic) bond motifs is 5. The van der Waals surface area contributed by atoms with Crippen LogP contribution in [0.2, 0.25) is 0 Å². The Kier molecular flexibility index (Phi) is 6.76. The van der Waals surface area contributed by atoms with Gasteiger partial charge in [0, 0.05) is 40.4 Å². The predicted molar refractivity (Wildman–Crippen MR) is 156 cm³/mol. The number of rotatable bonds is 3. The molecule has 0 aromatic carbocycles. The molecule has 1 saturated carbocycles. The minimum absolute atomic E-state index is 0.